The van der Waals surface area contributed by atoms with Crippen molar-refractivity contribution < 1.29 is 4.39 Å². The smallest absolute Gasteiger partial charge is 0.128 e. The van der Waals surface area contributed by atoms with Crippen LogP contribution >= 0.6 is 15.9 Å². The fourth-order valence-electron chi connectivity index (χ4n) is 1.43. The van der Waals surface area contributed by atoms with E-state index >= 15 is 0 Å². The van der Waals surface area contributed by atoms with Crippen molar-refractivity contribution in [3.8, 4) is 12.3 Å². The van der Waals surface area contributed by atoms with E-state index in [0.717, 1.165) is 17.3 Å². The molecule has 16 heavy (non-hydrogen) atoms. The molecule has 1 atom stereocenters. The Hall–Kier alpha value is -0.850. The maximum Gasteiger partial charge on any atom is 0.128 e. The monoisotopic (exact) mass is 283 g/mol. The summed E-state index contributed by atoms with van der Waals surface area (Å²) in [6, 6.07) is 5.06. The van der Waals surface area contributed by atoms with Gasteiger partial charge < -0.3 is 0 Å². The van der Waals surface area contributed by atoms with Gasteiger partial charge in [0.15, 0.2) is 0 Å². The summed E-state index contributed by atoms with van der Waals surface area (Å²) in [4.78, 5) is 0. The van der Waals surface area contributed by atoms with Gasteiger partial charge in [-0.15, -0.1) is 6.42 Å². The van der Waals surface area contributed by atoms with Gasteiger partial charge in [0.25, 0.3) is 0 Å². The maximum absolute atomic E-state index is 13.5. The zero-order valence-electron chi connectivity index (χ0n) is 9.26. The third-order valence-electron chi connectivity index (χ3n) is 2.33. The average Bonchev–Trinajstić information content (AvgIpc) is 2.26. The van der Waals surface area contributed by atoms with Gasteiger partial charge in [-0.1, -0.05) is 41.3 Å². The molecule has 1 unspecified atom stereocenters. The molecule has 1 nitrogen and oxygen atoms in total. The number of halogens is 2. The molecule has 0 saturated heterocycles. The number of benzene rings is 1. The molecule has 0 fully saturated rings. The predicted octanol–water partition coefficient (Wildman–Crippen LogP) is 3.48. The van der Waals surface area contributed by atoms with Crippen LogP contribution in [0.3, 0.4) is 0 Å². The van der Waals surface area contributed by atoms with Crippen LogP contribution in [0.4, 0.5) is 4.39 Å². The fourth-order valence-corrected chi connectivity index (χ4v) is 1.76. The van der Waals surface area contributed by atoms with Crippen LogP contribution in [0.2, 0.25) is 0 Å². The van der Waals surface area contributed by atoms with E-state index in [4.69, 9.17) is 6.42 Å². The summed E-state index contributed by atoms with van der Waals surface area (Å²) in [7, 11) is 0. The number of nitrogens with one attached hydrogen (secondary N) is 1. The van der Waals surface area contributed by atoms with Crippen molar-refractivity contribution in [2.24, 2.45) is 0 Å². The Kier molecular flexibility index (Phi) is 5.51. The van der Waals surface area contributed by atoms with E-state index in [1.807, 2.05) is 6.07 Å². The first-order chi connectivity index (χ1) is 7.67. The minimum Gasteiger partial charge on any atom is -0.299 e. The lowest BCUT2D eigenvalue weighted by Gasteiger charge is -2.12. The van der Waals surface area contributed by atoms with Crippen LogP contribution in [0.15, 0.2) is 22.7 Å². The Labute approximate surface area is 105 Å². The van der Waals surface area contributed by atoms with Crippen molar-refractivity contribution in [1.82, 2.24) is 5.32 Å². The van der Waals surface area contributed by atoms with E-state index in [2.05, 4.69) is 34.1 Å². The molecule has 0 aliphatic heterocycles. The molecule has 1 aromatic carbocycles. The highest BCUT2D eigenvalue weighted by Crippen LogP contribution is 2.15. The molecule has 1 rings (SSSR count). The van der Waals surface area contributed by atoms with Gasteiger partial charge in [-0.25, -0.2) is 4.39 Å². The lowest BCUT2D eigenvalue weighted by molar-refractivity contribution is 0.539. The lowest BCUT2D eigenvalue weighted by atomic mass is 10.1. The Balaban J connectivity index is 2.57. The van der Waals surface area contributed by atoms with Gasteiger partial charge in [-0.2, -0.15) is 0 Å². The topological polar surface area (TPSA) is 12.0 Å². The second-order valence-corrected chi connectivity index (χ2v) is 4.54. The van der Waals surface area contributed by atoms with Gasteiger partial charge >= 0.3 is 0 Å². The molecule has 0 saturated carbocycles. The molecule has 0 amide bonds. The quantitative estimate of drug-likeness (QED) is 0.816. The molecule has 0 aromatic heterocycles. The van der Waals surface area contributed by atoms with Crippen molar-refractivity contribution in [2.75, 3.05) is 0 Å². The summed E-state index contributed by atoms with van der Waals surface area (Å²) in [6.45, 7) is 2.54. The third-order valence-corrected chi connectivity index (χ3v) is 2.83. The maximum atomic E-state index is 13.5. The van der Waals surface area contributed by atoms with Crippen LogP contribution < -0.4 is 5.32 Å². The van der Waals surface area contributed by atoms with E-state index in [1.165, 1.54) is 6.07 Å². The first-order valence-electron chi connectivity index (χ1n) is 5.30. The molecule has 0 bridgehead atoms. The standard InChI is InChI=1S/C13H15BrFN/c1-3-5-12(4-2)16-9-10-6-7-11(14)8-13(10)15/h2,6-8,12,16H,3,5,9H2,1H3. The van der Waals surface area contributed by atoms with Crippen LogP contribution in [-0.4, -0.2) is 6.04 Å². The molecule has 0 aliphatic carbocycles. The van der Waals surface area contributed by atoms with Gasteiger partial charge in [0, 0.05) is 16.6 Å². The SMILES string of the molecule is C#CC(CCC)NCc1ccc(Br)cc1F. The third kappa shape index (κ3) is 3.96. The van der Waals surface area contributed by atoms with E-state index in [0.29, 0.717) is 12.1 Å². The molecule has 1 N–H and O–H groups in total. The summed E-state index contributed by atoms with van der Waals surface area (Å²) in [5, 5.41) is 3.16. The molecule has 0 heterocycles. The second kappa shape index (κ2) is 6.67. The summed E-state index contributed by atoms with van der Waals surface area (Å²) >= 11 is 3.22. The molecule has 3 heteroatoms. The number of hydrogen-bond donors (Lipinski definition) is 1. The zero-order chi connectivity index (χ0) is 12.0. The Morgan fingerprint density at radius 2 is 2.31 bits per heavy atom. The van der Waals surface area contributed by atoms with Gasteiger partial charge in [0.1, 0.15) is 5.82 Å². The van der Waals surface area contributed by atoms with Crippen molar-refractivity contribution in [1.29, 1.82) is 0 Å². The van der Waals surface area contributed by atoms with Crippen molar-refractivity contribution in [3.05, 3.63) is 34.1 Å². The normalized spacial score (nSPS) is 12.1. The van der Waals surface area contributed by atoms with Gasteiger partial charge in [-0.3, -0.25) is 5.32 Å². The van der Waals surface area contributed by atoms with E-state index < -0.39 is 0 Å². The Morgan fingerprint density at radius 3 is 2.88 bits per heavy atom. The van der Waals surface area contributed by atoms with Crippen LogP contribution in [0, 0.1) is 18.2 Å². The molecule has 1 aromatic rings. The highest BCUT2D eigenvalue weighted by molar-refractivity contribution is 9.10. The Bertz CT molecular complexity index is 384. The summed E-state index contributed by atoms with van der Waals surface area (Å²) in [5.74, 6) is 2.45. The molecular weight excluding hydrogens is 269 g/mol. The van der Waals surface area contributed by atoms with E-state index in [-0.39, 0.29) is 11.9 Å². The Morgan fingerprint density at radius 1 is 1.56 bits per heavy atom. The fraction of sp³-hybridized carbons (Fsp3) is 0.385. The second-order valence-electron chi connectivity index (χ2n) is 3.62. The highest BCUT2D eigenvalue weighted by atomic mass is 79.9. The number of rotatable bonds is 5. The lowest BCUT2D eigenvalue weighted by Crippen LogP contribution is -2.27. The largest absolute Gasteiger partial charge is 0.299 e. The van der Waals surface area contributed by atoms with Gasteiger partial charge in [-0.05, 0) is 18.6 Å². The molecule has 0 spiro atoms. The minimum atomic E-state index is -0.214. The van der Waals surface area contributed by atoms with Crippen LogP contribution in [-0.2, 0) is 6.54 Å². The molecule has 0 radical (unpaired) electrons. The van der Waals surface area contributed by atoms with Gasteiger partial charge in [0.2, 0.25) is 0 Å². The minimum absolute atomic E-state index is 0.0213. The average molecular weight is 284 g/mol. The molecule has 0 aliphatic rings. The van der Waals surface area contributed by atoms with Crippen molar-refractivity contribution in [2.45, 2.75) is 32.4 Å². The summed E-state index contributed by atoms with van der Waals surface area (Å²) in [5.41, 5.74) is 0.638. The van der Waals surface area contributed by atoms with Gasteiger partial charge in [0.05, 0.1) is 6.04 Å². The van der Waals surface area contributed by atoms with Crippen LogP contribution in [0.5, 0.6) is 0 Å². The highest BCUT2D eigenvalue weighted by Gasteiger charge is 2.06. The van der Waals surface area contributed by atoms with Crippen LogP contribution in [0.1, 0.15) is 25.3 Å². The molecular formula is C13H15BrFN. The summed E-state index contributed by atoms with van der Waals surface area (Å²) < 4.78 is 14.2. The predicted molar refractivity (Wildman–Crippen MR) is 68.5 cm³/mol. The number of hydrogen-bond acceptors (Lipinski definition) is 1. The van der Waals surface area contributed by atoms with Crippen molar-refractivity contribution >= 4 is 15.9 Å². The van der Waals surface area contributed by atoms with Crippen LogP contribution in [0.25, 0.3) is 0 Å². The first-order valence-corrected chi connectivity index (χ1v) is 6.10. The number of terminal acetylenes is 1. The molecule has 86 valence electrons. The van der Waals surface area contributed by atoms with E-state index in [1.54, 1.807) is 6.07 Å². The summed E-state index contributed by atoms with van der Waals surface area (Å²) in [6.07, 6.45) is 7.30. The zero-order valence-corrected chi connectivity index (χ0v) is 10.8. The van der Waals surface area contributed by atoms with Crippen molar-refractivity contribution in [3.63, 3.8) is 0 Å². The first kappa shape index (κ1) is 13.2. The van der Waals surface area contributed by atoms with E-state index in [9.17, 15) is 4.39 Å².